The second kappa shape index (κ2) is 4.21. The number of rotatable bonds is 2. The summed E-state index contributed by atoms with van der Waals surface area (Å²) >= 11 is 2.43. The van der Waals surface area contributed by atoms with Gasteiger partial charge in [0.15, 0.2) is 0 Å². The molecule has 1 atom stereocenters. The van der Waals surface area contributed by atoms with Crippen LogP contribution >= 0.6 is 22.6 Å². The first kappa shape index (κ1) is 10.3. The van der Waals surface area contributed by atoms with Gasteiger partial charge in [-0.15, -0.1) is 0 Å². The van der Waals surface area contributed by atoms with Crippen LogP contribution in [0.3, 0.4) is 0 Å². The molecule has 0 saturated heterocycles. The number of nitrogens with two attached hydrogens (primary N) is 1. The quantitative estimate of drug-likeness (QED) is 0.594. The Balaban J connectivity index is 4.22. The van der Waals surface area contributed by atoms with Crippen LogP contribution in [0.15, 0.2) is 11.3 Å². The normalized spacial score (nSPS) is 17.0. The van der Waals surface area contributed by atoms with Crippen LogP contribution in [0.4, 0.5) is 0 Å². The first-order valence-corrected chi connectivity index (χ1v) is 4.78. The Morgan fingerprint density at radius 2 is 1.70 bits per heavy atom. The molecule has 0 heterocycles. The second-order valence-electron chi connectivity index (χ2n) is 3.01. The fourth-order valence-electron chi connectivity index (χ4n) is 0.717. The van der Waals surface area contributed by atoms with Gasteiger partial charge >= 0.3 is 0 Å². The summed E-state index contributed by atoms with van der Waals surface area (Å²) in [5.41, 5.74) is 7.93. The van der Waals surface area contributed by atoms with Gasteiger partial charge in [0.1, 0.15) is 0 Å². The van der Waals surface area contributed by atoms with Crippen LogP contribution in [0, 0.1) is 5.92 Å². The van der Waals surface area contributed by atoms with Gasteiger partial charge in [-0.25, -0.2) is 0 Å². The highest BCUT2D eigenvalue weighted by molar-refractivity contribution is 14.1. The van der Waals surface area contributed by atoms with E-state index in [9.17, 15) is 0 Å². The van der Waals surface area contributed by atoms with E-state index in [1.807, 2.05) is 6.92 Å². The minimum Gasteiger partial charge on any atom is -0.402 e. The van der Waals surface area contributed by atoms with Crippen LogP contribution < -0.4 is 5.73 Å². The van der Waals surface area contributed by atoms with E-state index in [0.717, 1.165) is 5.70 Å². The lowest BCUT2D eigenvalue weighted by Crippen LogP contribution is -2.12. The first-order chi connectivity index (χ1) is 4.46. The van der Waals surface area contributed by atoms with E-state index in [2.05, 4.69) is 43.4 Å². The van der Waals surface area contributed by atoms with Crippen LogP contribution in [0.25, 0.3) is 0 Å². The summed E-state index contributed by atoms with van der Waals surface area (Å²) in [7, 11) is 0. The first-order valence-electron chi connectivity index (χ1n) is 3.53. The van der Waals surface area contributed by atoms with Crippen LogP contribution in [0.5, 0.6) is 0 Å². The van der Waals surface area contributed by atoms with Gasteiger partial charge in [-0.1, -0.05) is 36.4 Å². The minimum atomic E-state index is 0.586. The van der Waals surface area contributed by atoms with E-state index in [4.69, 9.17) is 5.73 Å². The predicted molar refractivity (Wildman–Crippen MR) is 55.2 cm³/mol. The standard InChI is InChI=1S/C8H16IN/c1-5(2)8(9)6(3)7(4)10/h5,8H,10H2,1-4H3/b7-6+. The molecule has 0 fully saturated rings. The summed E-state index contributed by atoms with van der Waals surface area (Å²) in [5.74, 6) is 0.680. The molecule has 60 valence electrons. The molecular formula is C8H16IN. The van der Waals surface area contributed by atoms with Crippen molar-refractivity contribution in [1.82, 2.24) is 0 Å². The van der Waals surface area contributed by atoms with E-state index in [1.54, 1.807) is 0 Å². The van der Waals surface area contributed by atoms with Crippen molar-refractivity contribution in [3.05, 3.63) is 11.3 Å². The van der Waals surface area contributed by atoms with Gasteiger partial charge in [0.05, 0.1) is 0 Å². The Morgan fingerprint density at radius 3 is 1.80 bits per heavy atom. The van der Waals surface area contributed by atoms with Crippen LogP contribution in [0.2, 0.25) is 0 Å². The zero-order valence-corrected chi connectivity index (χ0v) is 9.27. The maximum atomic E-state index is 5.65. The van der Waals surface area contributed by atoms with Gasteiger partial charge in [0.2, 0.25) is 0 Å². The van der Waals surface area contributed by atoms with E-state index < -0.39 is 0 Å². The van der Waals surface area contributed by atoms with Crippen LogP contribution in [-0.2, 0) is 0 Å². The topological polar surface area (TPSA) is 26.0 Å². The highest BCUT2D eigenvalue weighted by atomic mass is 127. The molecule has 0 bridgehead atoms. The van der Waals surface area contributed by atoms with Crippen molar-refractivity contribution in [3.63, 3.8) is 0 Å². The number of hydrogen-bond acceptors (Lipinski definition) is 1. The SMILES string of the molecule is C/C(N)=C(/C)C(I)C(C)C. The number of hydrogen-bond donors (Lipinski definition) is 1. The van der Waals surface area contributed by atoms with Crippen molar-refractivity contribution >= 4 is 22.6 Å². The summed E-state index contributed by atoms with van der Waals surface area (Å²) in [6.45, 7) is 8.49. The van der Waals surface area contributed by atoms with Crippen molar-refractivity contribution in [2.24, 2.45) is 11.7 Å². The van der Waals surface area contributed by atoms with Gasteiger partial charge in [0.25, 0.3) is 0 Å². The van der Waals surface area contributed by atoms with Crippen molar-refractivity contribution in [2.75, 3.05) is 0 Å². The molecule has 0 aliphatic rings. The fraction of sp³-hybridized carbons (Fsp3) is 0.750. The highest BCUT2D eigenvalue weighted by Crippen LogP contribution is 2.21. The lowest BCUT2D eigenvalue weighted by Gasteiger charge is -2.15. The molecule has 0 spiro atoms. The Kier molecular flexibility index (Phi) is 4.32. The Bertz CT molecular complexity index is 134. The summed E-state index contributed by atoms with van der Waals surface area (Å²) in [5, 5.41) is 0. The van der Waals surface area contributed by atoms with E-state index >= 15 is 0 Å². The highest BCUT2D eigenvalue weighted by Gasteiger charge is 2.11. The molecule has 10 heavy (non-hydrogen) atoms. The molecule has 2 N–H and O–H groups in total. The molecule has 1 unspecified atom stereocenters. The number of alkyl halides is 1. The second-order valence-corrected chi connectivity index (χ2v) is 4.35. The molecule has 0 aromatic heterocycles. The molecule has 2 heteroatoms. The molecule has 0 aromatic rings. The van der Waals surface area contributed by atoms with Gasteiger partial charge < -0.3 is 5.73 Å². The maximum absolute atomic E-state index is 5.65. The largest absolute Gasteiger partial charge is 0.402 e. The lowest BCUT2D eigenvalue weighted by atomic mass is 10.0. The van der Waals surface area contributed by atoms with E-state index in [0.29, 0.717) is 9.84 Å². The lowest BCUT2D eigenvalue weighted by molar-refractivity contribution is 0.671. The Labute approximate surface area is 77.2 Å². The van der Waals surface area contributed by atoms with Crippen molar-refractivity contribution < 1.29 is 0 Å². The number of halogens is 1. The summed E-state index contributed by atoms with van der Waals surface area (Å²) in [6, 6.07) is 0. The summed E-state index contributed by atoms with van der Waals surface area (Å²) in [4.78, 5) is 0. The molecule has 0 aliphatic heterocycles. The molecule has 0 rings (SSSR count). The van der Waals surface area contributed by atoms with Crippen LogP contribution in [0.1, 0.15) is 27.7 Å². The van der Waals surface area contributed by atoms with Crippen molar-refractivity contribution in [2.45, 2.75) is 31.6 Å². The summed E-state index contributed by atoms with van der Waals surface area (Å²) in [6.07, 6.45) is 0. The number of allylic oxidation sites excluding steroid dienone is 2. The Morgan fingerprint density at radius 1 is 1.30 bits per heavy atom. The molecule has 0 aliphatic carbocycles. The Hall–Kier alpha value is 0.270. The average molecular weight is 253 g/mol. The van der Waals surface area contributed by atoms with E-state index in [-0.39, 0.29) is 0 Å². The maximum Gasteiger partial charge on any atom is 0.0358 e. The van der Waals surface area contributed by atoms with Gasteiger partial charge in [-0.3, -0.25) is 0 Å². The summed E-state index contributed by atoms with van der Waals surface area (Å²) < 4.78 is 0.586. The zero-order chi connectivity index (χ0) is 8.31. The molecule has 0 amide bonds. The average Bonchev–Trinajstić information content (AvgIpc) is 1.84. The van der Waals surface area contributed by atoms with Gasteiger partial charge in [-0.2, -0.15) is 0 Å². The zero-order valence-electron chi connectivity index (χ0n) is 7.11. The molecule has 1 nitrogen and oxygen atoms in total. The van der Waals surface area contributed by atoms with Crippen LogP contribution in [-0.4, -0.2) is 3.92 Å². The van der Waals surface area contributed by atoms with Gasteiger partial charge in [0, 0.05) is 9.62 Å². The van der Waals surface area contributed by atoms with Crippen molar-refractivity contribution in [3.8, 4) is 0 Å². The predicted octanol–water partition coefficient (Wildman–Crippen LogP) is 2.70. The van der Waals surface area contributed by atoms with E-state index in [1.165, 1.54) is 5.57 Å². The van der Waals surface area contributed by atoms with Crippen molar-refractivity contribution in [1.29, 1.82) is 0 Å². The molecule has 0 aromatic carbocycles. The molecule has 0 radical (unpaired) electrons. The minimum absolute atomic E-state index is 0.586. The third-order valence-corrected chi connectivity index (χ3v) is 3.99. The third kappa shape index (κ3) is 2.90. The fourth-order valence-corrected chi connectivity index (χ4v) is 1.21. The van der Waals surface area contributed by atoms with Gasteiger partial charge in [-0.05, 0) is 25.3 Å². The molecular weight excluding hydrogens is 237 g/mol. The third-order valence-electron chi connectivity index (χ3n) is 1.62. The monoisotopic (exact) mass is 253 g/mol. The molecule has 0 saturated carbocycles. The smallest absolute Gasteiger partial charge is 0.0358 e.